The van der Waals surface area contributed by atoms with Gasteiger partial charge in [0.1, 0.15) is 0 Å². The first-order valence-corrected chi connectivity index (χ1v) is 9.22. The Morgan fingerprint density at radius 3 is 2.19 bits per heavy atom. The van der Waals surface area contributed by atoms with E-state index in [1.807, 2.05) is 50.2 Å². The van der Waals surface area contributed by atoms with Gasteiger partial charge in [-0.2, -0.15) is 0 Å². The van der Waals surface area contributed by atoms with Crippen LogP contribution < -0.4 is 4.90 Å². The van der Waals surface area contributed by atoms with Gasteiger partial charge in [0.05, 0.1) is 11.3 Å². The lowest BCUT2D eigenvalue weighted by Gasteiger charge is -2.25. The third kappa shape index (κ3) is 3.37. The van der Waals surface area contributed by atoms with Crippen LogP contribution in [0.1, 0.15) is 24.2 Å². The van der Waals surface area contributed by atoms with Gasteiger partial charge in [0, 0.05) is 28.5 Å². The van der Waals surface area contributed by atoms with E-state index >= 15 is 0 Å². The minimum atomic E-state index is -0.926. The van der Waals surface area contributed by atoms with E-state index < -0.39 is 5.97 Å². The van der Waals surface area contributed by atoms with Gasteiger partial charge in [0.15, 0.2) is 0 Å². The number of carboxylic acid groups (broad SMARTS) is 1. The third-order valence-corrected chi connectivity index (χ3v) is 4.95. The maximum atomic E-state index is 11.8. The van der Waals surface area contributed by atoms with Gasteiger partial charge < -0.3 is 10.0 Å². The second kappa shape index (κ2) is 7.56. The first-order chi connectivity index (χ1) is 12.5. The minimum absolute atomic E-state index is 0.308. The zero-order valence-electron chi connectivity index (χ0n) is 14.6. The standard InChI is InChI=1S/C21H19Cl2NO2/c1-3-24(4-2)20-18-7-5-6-16(13-10-14(22)12-15(23)11-13)17(18)8-9-19(20)21(25)26/h5-12H,3-4H2,1-2H3,(H,25,26). The summed E-state index contributed by atoms with van der Waals surface area (Å²) in [4.78, 5) is 13.9. The van der Waals surface area contributed by atoms with Crippen molar-refractivity contribution in [2.75, 3.05) is 18.0 Å². The number of carbonyl (C=O) groups is 1. The number of hydrogen-bond acceptors (Lipinski definition) is 2. The smallest absolute Gasteiger partial charge is 0.337 e. The molecule has 0 amide bonds. The quantitative estimate of drug-likeness (QED) is 0.553. The van der Waals surface area contributed by atoms with E-state index in [1.165, 1.54) is 0 Å². The second-order valence-corrected chi connectivity index (χ2v) is 6.87. The van der Waals surface area contributed by atoms with Crippen molar-refractivity contribution >= 4 is 45.6 Å². The maximum Gasteiger partial charge on any atom is 0.337 e. The molecule has 0 saturated heterocycles. The molecule has 134 valence electrons. The van der Waals surface area contributed by atoms with E-state index in [2.05, 4.69) is 4.90 Å². The Morgan fingerprint density at radius 2 is 1.62 bits per heavy atom. The molecule has 0 heterocycles. The highest BCUT2D eigenvalue weighted by molar-refractivity contribution is 6.35. The Labute approximate surface area is 162 Å². The van der Waals surface area contributed by atoms with Crippen LogP contribution in [0.15, 0.2) is 48.5 Å². The summed E-state index contributed by atoms with van der Waals surface area (Å²) in [5.74, 6) is -0.926. The molecule has 0 unspecified atom stereocenters. The van der Waals surface area contributed by atoms with Crippen molar-refractivity contribution in [1.82, 2.24) is 0 Å². The summed E-state index contributed by atoms with van der Waals surface area (Å²) in [5, 5.41) is 12.7. The summed E-state index contributed by atoms with van der Waals surface area (Å²) >= 11 is 12.3. The number of anilines is 1. The summed E-state index contributed by atoms with van der Waals surface area (Å²) in [6.45, 7) is 5.50. The summed E-state index contributed by atoms with van der Waals surface area (Å²) < 4.78 is 0. The lowest BCUT2D eigenvalue weighted by Crippen LogP contribution is -2.24. The van der Waals surface area contributed by atoms with E-state index in [-0.39, 0.29) is 0 Å². The normalized spacial score (nSPS) is 10.9. The Kier molecular flexibility index (Phi) is 5.40. The minimum Gasteiger partial charge on any atom is -0.478 e. The lowest BCUT2D eigenvalue weighted by atomic mass is 9.95. The number of rotatable bonds is 5. The van der Waals surface area contributed by atoms with Crippen LogP contribution in [0.3, 0.4) is 0 Å². The number of carboxylic acids is 1. The van der Waals surface area contributed by atoms with Crippen LogP contribution in [0.4, 0.5) is 5.69 Å². The molecule has 3 rings (SSSR count). The van der Waals surface area contributed by atoms with Gasteiger partial charge in [-0.15, -0.1) is 0 Å². The first kappa shape index (κ1) is 18.6. The van der Waals surface area contributed by atoms with Gasteiger partial charge in [-0.1, -0.05) is 47.5 Å². The lowest BCUT2D eigenvalue weighted by molar-refractivity contribution is 0.0697. The fourth-order valence-corrected chi connectivity index (χ4v) is 3.88. The average molecular weight is 388 g/mol. The van der Waals surface area contributed by atoms with Gasteiger partial charge in [-0.05, 0) is 54.6 Å². The van der Waals surface area contributed by atoms with Crippen LogP contribution in [-0.2, 0) is 0 Å². The van der Waals surface area contributed by atoms with Gasteiger partial charge in [-0.3, -0.25) is 0 Å². The molecule has 0 aliphatic rings. The zero-order chi connectivity index (χ0) is 18.8. The molecule has 0 radical (unpaired) electrons. The van der Waals surface area contributed by atoms with Gasteiger partial charge in [-0.25, -0.2) is 4.79 Å². The molecule has 0 saturated carbocycles. The SMILES string of the molecule is CCN(CC)c1c(C(=O)O)ccc2c(-c3cc(Cl)cc(Cl)c3)cccc12. The van der Waals surface area contributed by atoms with Crippen LogP contribution in [0.25, 0.3) is 21.9 Å². The molecule has 0 atom stereocenters. The zero-order valence-corrected chi connectivity index (χ0v) is 16.1. The summed E-state index contributed by atoms with van der Waals surface area (Å²) in [6.07, 6.45) is 0. The molecule has 26 heavy (non-hydrogen) atoms. The van der Waals surface area contributed by atoms with Crippen molar-refractivity contribution < 1.29 is 9.90 Å². The average Bonchev–Trinajstić information content (AvgIpc) is 2.61. The number of benzene rings is 3. The van der Waals surface area contributed by atoms with Crippen molar-refractivity contribution in [3.63, 3.8) is 0 Å². The van der Waals surface area contributed by atoms with Crippen LogP contribution in [0, 0.1) is 0 Å². The highest BCUT2D eigenvalue weighted by Crippen LogP contribution is 2.38. The Bertz CT molecular complexity index is 961. The number of fused-ring (bicyclic) bond motifs is 1. The molecular formula is C21H19Cl2NO2. The molecule has 5 heteroatoms. The highest BCUT2D eigenvalue weighted by atomic mass is 35.5. The van der Waals surface area contributed by atoms with Crippen molar-refractivity contribution in [2.24, 2.45) is 0 Å². The molecule has 0 aliphatic carbocycles. The van der Waals surface area contributed by atoms with Crippen LogP contribution in [-0.4, -0.2) is 24.2 Å². The topological polar surface area (TPSA) is 40.5 Å². The van der Waals surface area contributed by atoms with E-state index in [4.69, 9.17) is 23.2 Å². The largest absolute Gasteiger partial charge is 0.478 e. The number of hydrogen-bond donors (Lipinski definition) is 1. The number of halogens is 2. The number of aromatic carboxylic acids is 1. The fourth-order valence-electron chi connectivity index (χ4n) is 3.36. The second-order valence-electron chi connectivity index (χ2n) is 6.00. The Hall–Kier alpha value is -2.23. The van der Waals surface area contributed by atoms with Crippen LogP contribution in [0.5, 0.6) is 0 Å². The third-order valence-electron chi connectivity index (χ3n) is 4.52. The summed E-state index contributed by atoms with van der Waals surface area (Å²) in [5.41, 5.74) is 2.93. The van der Waals surface area contributed by atoms with Crippen LogP contribution in [0.2, 0.25) is 10.0 Å². The maximum absolute atomic E-state index is 11.8. The molecule has 0 bridgehead atoms. The fraction of sp³-hybridized carbons (Fsp3) is 0.190. The summed E-state index contributed by atoms with van der Waals surface area (Å²) in [6, 6.07) is 14.9. The molecule has 3 nitrogen and oxygen atoms in total. The van der Waals surface area contributed by atoms with Gasteiger partial charge in [0.2, 0.25) is 0 Å². The predicted octanol–water partition coefficient (Wildman–Crippen LogP) is 6.36. The molecule has 3 aromatic carbocycles. The highest BCUT2D eigenvalue weighted by Gasteiger charge is 2.19. The van der Waals surface area contributed by atoms with Crippen molar-refractivity contribution in [1.29, 1.82) is 0 Å². The van der Waals surface area contributed by atoms with Gasteiger partial charge >= 0.3 is 5.97 Å². The Balaban J connectivity index is 2.35. The van der Waals surface area contributed by atoms with E-state index in [0.717, 1.165) is 40.7 Å². The molecule has 0 spiro atoms. The monoisotopic (exact) mass is 387 g/mol. The Morgan fingerprint density at radius 1 is 0.962 bits per heavy atom. The van der Waals surface area contributed by atoms with Crippen LogP contribution >= 0.6 is 23.2 Å². The molecule has 1 N–H and O–H groups in total. The first-order valence-electron chi connectivity index (χ1n) is 8.46. The molecule has 0 aliphatic heterocycles. The van der Waals surface area contributed by atoms with E-state index in [9.17, 15) is 9.90 Å². The number of nitrogens with zero attached hydrogens (tertiary/aromatic N) is 1. The molecule has 0 fully saturated rings. The summed E-state index contributed by atoms with van der Waals surface area (Å²) in [7, 11) is 0. The predicted molar refractivity (Wildman–Crippen MR) is 110 cm³/mol. The van der Waals surface area contributed by atoms with Gasteiger partial charge in [0.25, 0.3) is 0 Å². The van der Waals surface area contributed by atoms with E-state index in [0.29, 0.717) is 15.6 Å². The van der Waals surface area contributed by atoms with E-state index in [1.54, 1.807) is 12.1 Å². The molecule has 0 aromatic heterocycles. The van der Waals surface area contributed by atoms with Crippen molar-refractivity contribution in [3.05, 3.63) is 64.1 Å². The van der Waals surface area contributed by atoms with Crippen molar-refractivity contribution in [3.8, 4) is 11.1 Å². The van der Waals surface area contributed by atoms with Crippen molar-refractivity contribution in [2.45, 2.75) is 13.8 Å². The molecule has 3 aromatic rings. The molecular weight excluding hydrogens is 369 g/mol.